The Balaban J connectivity index is 1.54. The van der Waals surface area contributed by atoms with E-state index in [4.69, 9.17) is 15.0 Å². The highest BCUT2D eigenvalue weighted by atomic mass is 14.9. The Morgan fingerprint density at radius 2 is 1.37 bits per heavy atom. The topological polar surface area (TPSA) is 38.7 Å². The molecule has 38 heavy (non-hydrogen) atoms. The Labute approximate surface area is 227 Å². The van der Waals surface area contributed by atoms with Crippen molar-refractivity contribution in [2.75, 3.05) is 0 Å². The molecule has 3 nitrogen and oxygen atoms in total. The average molecular weight is 500 g/mol. The van der Waals surface area contributed by atoms with E-state index in [1.54, 1.807) is 0 Å². The monoisotopic (exact) mass is 499 g/mol. The van der Waals surface area contributed by atoms with Crippen LogP contribution in [0.5, 0.6) is 0 Å². The fourth-order valence-corrected chi connectivity index (χ4v) is 4.78. The number of nitrogens with zero attached hydrogens (tertiary/aromatic N) is 3. The molecule has 0 fully saturated rings. The molecule has 192 valence electrons. The normalized spacial score (nSPS) is 15.8. The summed E-state index contributed by atoms with van der Waals surface area (Å²) in [5.74, 6) is 0.926. The van der Waals surface area contributed by atoms with Gasteiger partial charge >= 0.3 is 0 Å². The number of allylic oxidation sites excluding steroid dienone is 4. The maximum absolute atomic E-state index is 5.07. The third-order valence-corrected chi connectivity index (χ3v) is 7.23. The van der Waals surface area contributed by atoms with E-state index in [1.165, 1.54) is 11.1 Å². The molecular weight excluding hydrogens is 462 g/mol. The lowest BCUT2D eigenvalue weighted by atomic mass is 9.81. The van der Waals surface area contributed by atoms with Crippen LogP contribution < -0.4 is 0 Å². The molecule has 5 rings (SSSR count). The summed E-state index contributed by atoms with van der Waals surface area (Å²) in [5, 5.41) is 0. The Morgan fingerprint density at radius 3 is 1.95 bits per heavy atom. The Morgan fingerprint density at radius 1 is 0.684 bits per heavy atom. The molecule has 2 heterocycles. The Hall–Kier alpha value is -3.85. The molecule has 4 aromatic rings. The number of rotatable bonds is 4. The van der Waals surface area contributed by atoms with E-state index in [-0.39, 0.29) is 16.7 Å². The van der Waals surface area contributed by atoms with E-state index in [0.29, 0.717) is 5.82 Å². The molecule has 1 aliphatic carbocycles. The third kappa shape index (κ3) is 5.67. The minimum Gasteiger partial charge on any atom is -0.255 e. The van der Waals surface area contributed by atoms with E-state index < -0.39 is 0 Å². The van der Waals surface area contributed by atoms with E-state index >= 15 is 0 Å². The molecule has 0 radical (unpaired) electrons. The predicted molar refractivity (Wildman–Crippen MR) is 159 cm³/mol. The molecule has 0 aliphatic heterocycles. The van der Waals surface area contributed by atoms with Crippen molar-refractivity contribution in [1.29, 1.82) is 0 Å². The molecule has 1 atom stereocenters. The Bertz CT molecular complexity index is 1460. The molecule has 0 saturated heterocycles. The lowest BCUT2D eigenvalue weighted by Crippen LogP contribution is -2.12. The van der Waals surface area contributed by atoms with Gasteiger partial charge in [0.05, 0.1) is 17.1 Å². The van der Waals surface area contributed by atoms with Gasteiger partial charge in [0, 0.05) is 28.8 Å². The molecule has 3 heteroatoms. The summed E-state index contributed by atoms with van der Waals surface area (Å²) in [7, 11) is 0. The lowest BCUT2D eigenvalue weighted by Gasteiger charge is -2.25. The van der Waals surface area contributed by atoms with E-state index in [9.17, 15) is 0 Å². The molecule has 0 spiro atoms. The van der Waals surface area contributed by atoms with Crippen molar-refractivity contribution in [3.05, 3.63) is 114 Å². The molecular formula is C35H37N3. The van der Waals surface area contributed by atoms with Gasteiger partial charge in [-0.2, -0.15) is 0 Å². The van der Waals surface area contributed by atoms with Crippen molar-refractivity contribution in [2.24, 2.45) is 5.41 Å². The van der Waals surface area contributed by atoms with Gasteiger partial charge in [0.2, 0.25) is 0 Å². The van der Waals surface area contributed by atoms with E-state index in [2.05, 4.69) is 114 Å². The van der Waals surface area contributed by atoms with Crippen LogP contribution in [0.3, 0.4) is 0 Å². The predicted octanol–water partition coefficient (Wildman–Crippen LogP) is 9.19. The second-order valence-electron chi connectivity index (χ2n) is 12.2. The molecule has 0 N–H and O–H groups in total. The highest BCUT2D eigenvalue weighted by Crippen LogP contribution is 2.36. The van der Waals surface area contributed by atoms with Gasteiger partial charge in [0.1, 0.15) is 0 Å². The fourth-order valence-electron chi connectivity index (χ4n) is 4.78. The second-order valence-corrected chi connectivity index (χ2v) is 12.2. The van der Waals surface area contributed by atoms with Gasteiger partial charge in [-0.15, -0.1) is 0 Å². The number of hydrogen-bond acceptors (Lipinski definition) is 3. The molecule has 0 amide bonds. The van der Waals surface area contributed by atoms with Crippen LogP contribution in [0.25, 0.3) is 33.9 Å². The first-order chi connectivity index (χ1) is 18.1. The largest absolute Gasteiger partial charge is 0.255 e. The lowest BCUT2D eigenvalue weighted by molar-refractivity contribution is 0.510. The second kappa shape index (κ2) is 10.1. The summed E-state index contributed by atoms with van der Waals surface area (Å²) in [6.07, 6.45) is 9.76. The fraction of sp³-hybridized carbons (Fsp3) is 0.286. The van der Waals surface area contributed by atoms with Crippen molar-refractivity contribution in [3.63, 3.8) is 0 Å². The van der Waals surface area contributed by atoms with Crippen molar-refractivity contribution in [3.8, 4) is 33.9 Å². The van der Waals surface area contributed by atoms with E-state index in [0.717, 1.165) is 40.2 Å². The van der Waals surface area contributed by atoms with Gasteiger partial charge in [-0.1, -0.05) is 114 Å². The first kappa shape index (κ1) is 25.8. The SMILES string of the molecule is CC(C)(C)C1=CCC(c2cc(-c3ccc(C(C)(C)C)cc3)nc(-c3ccc(-c4ccccc4)nc3)n2)C=C1. The molecule has 1 aliphatic rings. The summed E-state index contributed by atoms with van der Waals surface area (Å²) in [4.78, 5) is 14.8. The first-order valence-electron chi connectivity index (χ1n) is 13.5. The van der Waals surface area contributed by atoms with Crippen LogP contribution in [0.4, 0.5) is 0 Å². The maximum Gasteiger partial charge on any atom is 0.161 e. The van der Waals surface area contributed by atoms with Gasteiger partial charge in [0.25, 0.3) is 0 Å². The third-order valence-electron chi connectivity index (χ3n) is 7.23. The summed E-state index contributed by atoms with van der Waals surface area (Å²) in [6, 6.07) is 25.3. The van der Waals surface area contributed by atoms with Crippen molar-refractivity contribution >= 4 is 0 Å². The van der Waals surface area contributed by atoms with Crippen LogP contribution in [-0.4, -0.2) is 15.0 Å². The zero-order valence-electron chi connectivity index (χ0n) is 23.4. The van der Waals surface area contributed by atoms with Crippen molar-refractivity contribution in [1.82, 2.24) is 15.0 Å². The summed E-state index contributed by atoms with van der Waals surface area (Å²) in [5.41, 5.74) is 8.98. The molecule has 1 unspecified atom stereocenters. The van der Waals surface area contributed by atoms with Crippen LogP contribution in [0, 0.1) is 5.41 Å². The van der Waals surface area contributed by atoms with Crippen LogP contribution in [-0.2, 0) is 5.41 Å². The number of aromatic nitrogens is 3. The smallest absolute Gasteiger partial charge is 0.161 e. The van der Waals surface area contributed by atoms with Gasteiger partial charge < -0.3 is 0 Å². The highest BCUT2D eigenvalue weighted by molar-refractivity contribution is 5.67. The standard InChI is InChI=1S/C35H37N3/c1-34(2,3)28-17-12-25(13-18-28)31-22-32(26-14-19-29(20-15-26)35(4,5)6)38-33(37-31)27-16-21-30(36-23-27)24-10-8-7-9-11-24/h7-14,16-23,26H,15H2,1-6H3. The molecule has 0 bridgehead atoms. The maximum atomic E-state index is 5.07. The average Bonchev–Trinajstić information content (AvgIpc) is 2.92. The quantitative estimate of drug-likeness (QED) is 0.281. The van der Waals surface area contributed by atoms with Gasteiger partial charge in [-0.05, 0) is 46.6 Å². The van der Waals surface area contributed by atoms with Crippen LogP contribution in [0.15, 0.2) is 103 Å². The summed E-state index contributed by atoms with van der Waals surface area (Å²) < 4.78 is 0. The van der Waals surface area contributed by atoms with E-state index in [1.807, 2.05) is 24.4 Å². The van der Waals surface area contributed by atoms with Crippen LogP contribution in [0.2, 0.25) is 0 Å². The first-order valence-corrected chi connectivity index (χ1v) is 13.5. The van der Waals surface area contributed by atoms with Crippen LogP contribution >= 0.6 is 0 Å². The molecule has 2 aromatic carbocycles. The van der Waals surface area contributed by atoms with Gasteiger partial charge in [-0.3, -0.25) is 4.98 Å². The Kier molecular flexibility index (Phi) is 6.88. The minimum absolute atomic E-state index is 0.108. The molecule has 0 saturated carbocycles. The number of hydrogen-bond donors (Lipinski definition) is 0. The van der Waals surface area contributed by atoms with Gasteiger partial charge in [0.15, 0.2) is 5.82 Å². The molecule has 2 aromatic heterocycles. The van der Waals surface area contributed by atoms with Crippen molar-refractivity contribution < 1.29 is 0 Å². The van der Waals surface area contributed by atoms with Gasteiger partial charge in [-0.25, -0.2) is 9.97 Å². The summed E-state index contributed by atoms with van der Waals surface area (Å²) in [6.45, 7) is 13.5. The highest BCUT2D eigenvalue weighted by Gasteiger charge is 2.22. The number of benzene rings is 2. The van der Waals surface area contributed by atoms with Crippen LogP contribution in [0.1, 0.15) is 65.1 Å². The van der Waals surface area contributed by atoms with Crippen molar-refractivity contribution in [2.45, 2.75) is 59.3 Å². The number of pyridine rings is 1. The minimum atomic E-state index is 0.108. The zero-order valence-corrected chi connectivity index (χ0v) is 23.4. The zero-order chi connectivity index (χ0) is 26.9. The summed E-state index contributed by atoms with van der Waals surface area (Å²) >= 11 is 0.